The summed E-state index contributed by atoms with van der Waals surface area (Å²) in [5.74, 6) is 1.19. The Hall–Kier alpha value is -1.75. The van der Waals surface area contributed by atoms with Crippen molar-refractivity contribution < 1.29 is 19.0 Å². The highest BCUT2D eigenvalue weighted by molar-refractivity contribution is 5.71. The van der Waals surface area contributed by atoms with E-state index < -0.39 is 0 Å². The maximum Gasteiger partial charge on any atom is 0.320 e. The topological polar surface area (TPSA) is 48.0 Å². The summed E-state index contributed by atoms with van der Waals surface area (Å²) in [5.41, 5.74) is 0. The van der Waals surface area contributed by atoms with Gasteiger partial charge in [0.25, 0.3) is 0 Å². The molecular formula is C14H21NO4. The monoisotopic (exact) mass is 267 g/mol. The zero-order chi connectivity index (χ0) is 14.1. The number of likely N-dealkylation sites (N-methyl/N-ethyl adjacent to an activating group) is 1. The first-order valence-corrected chi connectivity index (χ1v) is 6.27. The van der Waals surface area contributed by atoms with Crippen LogP contribution in [0.25, 0.3) is 0 Å². The second-order valence-electron chi connectivity index (χ2n) is 4.04. The Kier molecular flexibility index (Phi) is 6.74. The highest BCUT2D eigenvalue weighted by Crippen LogP contribution is 2.25. The second kappa shape index (κ2) is 8.37. The molecular weight excluding hydrogens is 246 g/mol. The summed E-state index contributed by atoms with van der Waals surface area (Å²) in [6.07, 6.45) is 0. The Balaban J connectivity index is 2.31. The molecule has 0 aliphatic heterocycles. The molecule has 0 spiro atoms. The lowest BCUT2D eigenvalue weighted by Crippen LogP contribution is -2.31. The van der Waals surface area contributed by atoms with E-state index in [2.05, 4.69) is 0 Å². The zero-order valence-electron chi connectivity index (χ0n) is 11.7. The van der Waals surface area contributed by atoms with Crippen molar-refractivity contribution in [2.75, 3.05) is 40.5 Å². The van der Waals surface area contributed by atoms with Crippen LogP contribution < -0.4 is 9.47 Å². The van der Waals surface area contributed by atoms with Crippen molar-refractivity contribution in [3.63, 3.8) is 0 Å². The number of nitrogens with zero attached hydrogens (tertiary/aromatic N) is 1. The summed E-state index contributed by atoms with van der Waals surface area (Å²) in [6, 6.07) is 7.47. The van der Waals surface area contributed by atoms with Gasteiger partial charge in [-0.25, -0.2) is 0 Å². The molecule has 0 unspecified atom stereocenters. The number of rotatable bonds is 8. The van der Waals surface area contributed by atoms with Gasteiger partial charge in [0.15, 0.2) is 11.5 Å². The van der Waals surface area contributed by atoms with Crippen LogP contribution in [0.1, 0.15) is 6.92 Å². The summed E-state index contributed by atoms with van der Waals surface area (Å²) in [4.78, 5) is 13.1. The Labute approximate surface area is 114 Å². The van der Waals surface area contributed by atoms with Crippen LogP contribution in [0.4, 0.5) is 0 Å². The third-order valence-corrected chi connectivity index (χ3v) is 2.50. The van der Waals surface area contributed by atoms with Gasteiger partial charge in [-0.05, 0) is 26.1 Å². The normalized spacial score (nSPS) is 10.3. The van der Waals surface area contributed by atoms with E-state index in [9.17, 15) is 4.79 Å². The first kappa shape index (κ1) is 15.3. The maximum absolute atomic E-state index is 11.3. The molecule has 0 fully saturated rings. The van der Waals surface area contributed by atoms with Crippen LogP contribution >= 0.6 is 0 Å². The highest BCUT2D eigenvalue weighted by atomic mass is 16.5. The molecule has 0 saturated carbocycles. The number of hydrogen-bond acceptors (Lipinski definition) is 5. The molecule has 5 heteroatoms. The fraction of sp³-hybridized carbons (Fsp3) is 0.500. The van der Waals surface area contributed by atoms with Crippen molar-refractivity contribution in [1.82, 2.24) is 4.90 Å². The number of ether oxygens (including phenoxy) is 3. The van der Waals surface area contributed by atoms with Crippen molar-refractivity contribution in [1.29, 1.82) is 0 Å². The van der Waals surface area contributed by atoms with Crippen molar-refractivity contribution in [3.8, 4) is 11.5 Å². The van der Waals surface area contributed by atoms with Gasteiger partial charge in [0.1, 0.15) is 6.61 Å². The van der Waals surface area contributed by atoms with E-state index in [1.165, 1.54) is 0 Å². The third-order valence-electron chi connectivity index (χ3n) is 2.50. The predicted octanol–water partition coefficient (Wildman–Crippen LogP) is 1.57. The summed E-state index contributed by atoms with van der Waals surface area (Å²) in [5, 5.41) is 0. The summed E-state index contributed by atoms with van der Waals surface area (Å²) >= 11 is 0. The molecule has 19 heavy (non-hydrogen) atoms. The lowest BCUT2D eigenvalue weighted by molar-refractivity contribution is -0.144. The predicted molar refractivity (Wildman–Crippen MR) is 72.6 cm³/mol. The average Bonchev–Trinajstić information content (AvgIpc) is 2.39. The van der Waals surface area contributed by atoms with Gasteiger partial charge in [-0.1, -0.05) is 12.1 Å². The Morgan fingerprint density at radius 2 is 1.95 bits per heavy atom. The van der Waals surface area contributed by atoms with Gasteiger partial charge >= 0.3 is 5.97 Å². The van der Waals surface area contributed by atoms with Gasteiger partial charge in [0, 0.05) is 6.54 Å². The van der Waals surface area contributed by atoms with Gasteiger partial charge in [-0.3, -0.25) is 9.69 Å². The molecule has 5 nitrogen and oxygen atoms in total. The molecule has 0 aromatic heterocycles. The van der Waals surface area contributed by atoms with E-state index in [1.54, 1.807) is 14.0 Å². The molecule has 0 saturated heterocycles. The zero-order valence-corrected chi connectivity index (χ0v) is 11.7. The molecule has 1 aromatic rings. The number of benzene rings is 1. The van der Waals surface area contributed by atoms with Crippen molar-refractivity contribution in [2.45, 2.75) is 6.92 Å². The molecule has 0 aliphatic carbocycles. The molecule has 0 heterocycles. The minimum atomic E-state index is -0.220. The first-order valence-electron chi connectivity index (χ1n) is 6.27. The molecule has 0 amide bonds. The summed E-state index contributed by atoms with van der Waals surface area (Å²) in [7, 11) is 3.46. The molecule has 0 atom stereocenters. The molecule has 1 aromatic carbocycles. The van der Waals surface area contributed by atoms with Crippen molar-refractivity contribution in [2.24, 2.45) is 0 Å². The maximum atomic E-state index is 11.3. The molecule has 0 radical (unpaired) electrons. The highest BCUT2D eigenvalue weighted by Gasteiger charge is 2.08. The fourth-order valence-electron chi connectivity index (χ4n) is 1.56. The second-order valence-corrected chi connectivity index (χ2v) is 4.04. The van der Waals surface area contributed by atoms with Crippen LogP contribution in [0.3, 0.4) is 0 Å². The lowest BCUT2D eigenvalue weighted by atomic mass is 10.3. The van der Waals surface area contributed by atoms with Crippen LogP contribution in [0.15, 0.2) is 24.3 Å². The Morgan fingerprint density at radius 1 is 1.26 bits per heavy atom. The Morgan fingerprint density at radius 3 is 2.58 bits per heavy atom. The smallest absolute Gasteiger partial charge is 0.320 e. The summed E-state index contributed by atoms with van der Waals surface area (Å²) in [6.45, 7) is 3.59. The first-order chi connectivity index (χ1) is 9.17. The standard InChI is InChI=1S/C14H21NO4/c1-4-18-14(16)11-15(2)9-10-19-13-8-6-5-7-12(13)17-3/h5-8H,4,9-11H2,1-3H3. The average molecular weight is 267 g/mol. The number of para-hydroxylation sites is 2. The van der Waals surface area contributed by atoms with Crippen LogP contribution in [0, 0.1) is 0 Å². The van der Waals surface area contributed by atoms with Crippen LogP contribution in [-0.2, 0) is 9.53 Å². The van der Waals surface area contributed by atoms with Gasteiger partial charge in [0.05, 0.1) is 20.3 Å². The van der Waals surface area contributed by atoms with E-state index >= 15 is 0 Å². The van der Waals surface area contributed by atoms with E-state index in [4.69, 9.17) is 14.2 Å². The van der Waals surface area contributed by atoms with Crippen LogP contribution in [-0.4, -0.2) is 51.3 Å². The number of hydrogen-bond donors (Lipinski definition) is 0. The molecule has 1 rings (SSSR count). The molecule has 0 bridgehead atoms. The number of carbonyl (C=O) groups excluding carboxylic acids is 1. The van der Waals surface area contributed by atoms with Gasteiger partial charge in [-0.15, -0.1) is 0 Å². The minimum absolute atomic E-state index is 0.220. The van der Waals surface area contributed by atoms with Gasteiger partial charge < -0.3 is 14.2 Å². The molecule has 0 aliphatic rings. The van der Waals surface area contributed by atoms with E-state index in [1.807, 2.05) is 36.2 Å². The number of esters is 1. The lowest BCUT2D eigenvalue weighted by Gasteiger charge is -2.16. The number of carbonyl (C=O) groups is 1. The summed E-state index contributed by atoms with van der Waals surface area (Å²) < 4.78 is 15.7. The van der Waals surface area contributed by atoms with Gasteiger partial charge in [-0.2, -0.15) is 0 Å². The molecule has 0 N–H and O–H groups in total. The molecule has 106 valence electrons. The third kappa shape index (κ3) is 5.61. The number of methoxy groups -OCH3 is 1. The largest absolute Gasteiger partial charge is 0.493 e. The SMILES string of the molecule is CCOC(=O)CN(C)CCOc1ccccc1OC. The van der Waals surface area contributed by atoms with Crippen LogP contribution in [0.5, 0.6) is 11.5 Å². The van der Waals surface area contributed by atoms with E-state index in [0.29, 0.717) is 31.3 Å². The fourth-order valence-corrected chi connectivity index (χ4v) is 1.56. The van der Waals surface area contributed by atoms with Gasteiger partial charge in [0.2, 0.25) is 0 Å². The van der Waals surface area contributed by atoms with Crippen molar-refractivity contribution >= 4 is 5.97 Å². The van der Waals surface area contributed by atoms with Crippen LogP contribution in [0.2, 0.25) is 0 Å². The van der Waals surface area contributed by atoms with Crippen molar-refractivity contribution in [3.05, 3.63) is 24.3 Å². The quantitative estimate of drug-likeness (QED) is 0.669. The van der Waals surface area contributed by atoms with E-state index in [-0.39, 0.29) is 12.5 Å². The van der Waals surface area contributed by atoms with E-state index in [0.717, 1.165) is 0 Å². The Bertz CT molecular complexity index is 395. The minimum Gasteiger partial charge on any atom is -0.493 e.